The number of hydrogen-bond acceptors (Lipinski definition) is 3. The molecule has 0 aliphatic carbocycles. The molecule has 0 amide bonds. The van der Waals surface area contributed by atoms with Crippen molar-refractivity contribution in [3.63, 3.8) is 0 Å². The third kappa shape index (κ3) is 4.19. The van der Waals surface area contributed by atoms with Crippen LogP contribution < -0.4 is 5.32 Å². The number of phenolic OH excluding ortho intramolecular Hbond substituents is 1. The lowest BCUT2D eigenvalue weighted by Crippen LogP contribution is -2.53. The second kappa shape index (κ2) is 6.24. The minimum Gasteiger partial charge on any atom is -0.508 e. The van der Waals surface area contributed by atoms with Crippen LogP contribution in [-0.2, 0) is 6.54 Å². The first-order valence-electron chi connectivity index (χ1n) is 5.90. The van der Waals surface area contributed by atoms with Crippen molar-refractivity contribution < 1.29 is 5.11 Å². The maximum absolute atomic E-state index is 9.42. The summed E-state index contributed by atoms with van der Waals surface area (Å²) in [5.74, 6) is 0.355. The fraction of sp³-hybridized carbons (Fsp3) is 0.538. The molecule has 3 nitrogen and oxygen atoms in total. The van der Waals surface area contributed by atoms with E-state index in [0.29, 0.717) is 17.8 Å². The van der Waals surface area contributed by atoms with Gasteiger partial charge in [0.25, 0.3) is 0 Å². The molecule has 1 aliphatic heterocycles. The number of benzene rings is 1. The highest BCUT2D eigenvalue weighted by atomic mass is 35.5. The molecule has 1 aromatic rings. The first-order valence-corrected chi connectivity index (χ1v) is 5.90. The van der Waals surface area contributed by atoms with Crippen LogP contribution >= 0.6 is 12.4 Å². The molecule has 0 radical (unpaired) electrons. The lowest BCUT2D eigenvalue weighted by molar-refractivity contribution is 0.166. The van der Waals surface area contributed by atoms with Crippen LogP contribution in [0.4, 0.5) is 0 Å². The van der Waals surface area contributed by atoms with Crippen molar-refractivity contribution in [2.45, 2.75) is 32.5 Å². The van der Waals surface area contributed by atoms with E-state index in [1.807, 2.05) is 12.1 Å². The van der Waals surface area contributed by atoms with Crippen molar-refractivity contribution in [3.05, 3.63) is 29.8 Å². The van der Waals surface area contributed by atoms with Gasteiger partial charge in [-0.1, -0.05) is 12.1 Å². The Kier molecular flexibility index (Phi) is 5.25. The van der Waals surface area contributed by atoms with E-state index in [0.717, 1.165) is 19.6 Å². The predicted octanol–water partition coefficient (Wildman–Crippen LogP) is 2.00. The minimum absolute atomic E-state index is 0. The molecular weight excluding hydrogens is 236 g/mol. The smallest absolute Gasteiger partial charge is 0.115 e. The van der Waals surface area contributed by atoms with Gasteiger partial charge in [-0.25, -0.2) is 0 Å². The van der Waals surface area contributed by atoms with Crippen molar-refractivity contribution >= 4 is 12.4 Å². The Hall–Kier alpha value is -0.770. The van der Waals surface area contributed by atoms with E-state index >= 15 is 0 Å². The molecule has 1 saturated heterocycles. The molecular formula is C13H21ClN2O. The van der Waals surface area contributed by atoms with Crippen molar-refractivity contribution in [3.8, 4) is 5.75 Å². The number of nitrogens with zero attached hydrogens (tertiary/aromatic N) is 1. The molecule has 1 aliphatic rings. The fourth-order valence-corrected chi connectivity index (χ4v) is 2.48. The van der Waals surface area contributed by atoms with E-state index in [4.69, 9.17) is 0 Å². The average molecular weight is 257 g/mol. The standard InChI is InChI=1S/C13H20N2O.ClH/c1-10-7-15(8-11(2)14-10)9-12-4-3-5-13(16)6-12;/h3-6,10-11,14,16H,7-9H2,1-2H3;1H. The molecule has 4 heteroatoms. The van der Waals surface area contributed by atoms with Gasteiger partial charge in [0.15, 0.2) is 0 Å². The van der Waals surface area contributed by atoms with Crippen LogP contribution in [0.15, 0.2) is 24.3 Å². The maximum atomic E-state index is 9.42. The Labute approximate surface area is 109 Å². The van der Waals surface area contributed by atoms with Crippen molar-refractivity contribution in [1.29, 1.82) is 0 Å². The van der Waals surface area contributed by atoms with Gasteiger partial charge in [-0.15, -0.1) is 12.4 Å². The van der Waals surface area contributed by atoms with Gasteiger partial charge < -0.3 is 10.4 Å². The molecule has 1 fully saturated rings. The molecule has 2 N–H and O–H groups in total. The van der Waals surface area contributed by atoms with Crippen LogP contribution in [0.2, 0.25) is 0 Å². The first-order chi connectivity index (χ1) is 7.63. The summed E-state index contributed by atoms with van der Waals surface area (Å²) in [6.07, 6.45) is 0. The van der Waals surface area contributed by atoms with Gasteiger partial charge in [0.1, 0.15) is 5.75 Å². The van der Waals surface area contributed by atoms with E-state index in [1.165, 1.54) is 5.56 Å². The largest absolute Gasteiger partial charge is 0.508 e. The number of rotatable bonds is 2. The lowest BCUT2D eigenvalue weighted by atomic mass is 10.1. The number of halogens is 1. The quantitative estimate of drug-likeness (QED) is 0.850. The molecule has 2 atom stereocenters. The van der Waals surface area contributed by atoms with E-state index in [2.05, 4.69) is 30.1 Å². The number of phenols is 1. The topological polar surface area (TPSA) is 35.5 Å². The van der Waals surface area contributed by atoms with Gasteiger partial charge in [-0.05, 0) is 31.5 Å². The van der Waals surface area contributed by atoms with Crippen LogP contribution in [0, 0.1) is 0 Å². The van der Waals surface area contributed by atoms with Crippen LogP contribution in [0.25, 0.3) is 0 Å². The van der Waals surface area contributed by atoms with Crippen molar-refractivity contribution in [1.82, 2.24) is 10.2 Å². The lowest BCUT2D eigenvalue weighted by Gasteiger charge is -2.36. The molecule has 2 rings (SSSR count). The van der Waals surface area contributed by atoms with E-state index in [-0.39, 0.29) is 12.4 Å². The molecule has 96 valence electrons. The first kappa shape index (κ1) is 14.3. The zero-order valence-corrected chi connectivity index (χ0v) is 11.2. The highest BCUT2D eigenvalue weighted by Crippen LogP contribution is 2.14. The zero-order chi connectivity index (χ0) is 11.5. The molecule has 17 heavy (non-hydrogen) atoms. The monoisotopic (exact) mass is 256 g/mol. The molecule has 0 aromatic heterocycles. The van der Waals surface area contributed by atoms with Gasteiger partial charge in [0.05, 0.1) is 0 Å². The molecule has 2 unspecified atom stereocenters. The van der Waals surface area contributed by atoms with Gasteiger partial charge >= 0.3 is 0 Å². The predicted molar refractivity (Wildman–Crippen MR) is 72.7 cm³/mol. The summed E-state index contributed by atoms with van der Waals surface area (Å²) in [7, 11) is 0. The van der Waals surface area contributed by atoms with Crippen molar-refractivity contribution in [2.24, 2.45) is 0 Å². The number of piperazine rings is 1. The Morgan fingerprint density at radius 3 is 2.53 bits per heavy atom. The third-order valence-electron chi connectivity index (χ3n) is 2.95. The number of aromatic hydroxyl groups is 1. The Morgan fingerprint density at radius 2 is 1.94 bits per heavy atom. The molecule has 0 spiro atoms. The Balaban J connectivity index is 0.00000144. The Bertz CT molecular complexity index is 349. The van der Waals surface area contributed by atoms with Gasteiger partial charge in [0.2, 0.25) is 0 Å². The summed E-state index contributed by atoms with van der Waals surface area (Å²) >= 11 is 0. The van der Waals surface area contributed by atoms with Crippen molar-refractivity contribution in [2.75, 3.05) is 13.1 Å². The van der Waals surface area contributed by atoms with Gasteiger partial charge in [-0.3, -0.25) is 4.90 Å². The Morgan fingerprint density at radius 1 is 1.29 bits per heavy atom. The molecule has 1 heterocycles. The highest BCUT2D eigenvalue weighted by Gasteiger charge is 2.20. The van der Waals surface area contributed by atoms with E-state index in [1.54, 1.807) is 6.07 Å². The fourth-order valence-electron chi connectivity index (χ4n) is 2.48. The van der Waals surface area contributed by atoms with Gasteiger partial charge in [0, 0.05) is 31.7 Å². The third-order valence-corrected chi connectivity index (χ3v) is 2.95. The second-order valence-corrected chi connectivity index (χ2v) is 4.83. The summed E-state index contributed by atoms with van der Waals surface area (Å²) in [4.78, 5) is 2.43. The van der Waals surface area contributed by atoms with Crippen LogP contribution in [0.5, 0.6) is 5.75 Å². The summed E-state index contributed by atoms with van der Waals surface area (Å²) in [5, 5.41) is 12.9. The molecule has 1 aromatic carbocycles. The summed E-state index contributed by atoms with van der Waals surface area (Å²) in [6.45, 7) is 7.49. The summed E-state index contributed by atoms with van der Waals surface area (Å²) in [6, 6.07) is 8.61. The van der Waals surface area contributed by atoms with E-state index in [9.17, 15) is 5.11 Å². The average Bonchev–Trinajstić information content (AvgIpc) is 2.15. The maximum Gasteiger partial charge on any atom is 0.115 e. The normalized spacial score (nSPS) is 25.3. The number of hydrogen-bond donors (Lipinski definition) is 2. The SMILES string of the molecule is CC1CN(Cc2cccc(O)c2)CC(C)N1.Cl. The van der Waals surface area contributed by atoms with E-state index < -0.39 is 0 Å². The molecule has 0 bridgehead atoms. The summed E-state index contributed by atoms with van der Waals surface area (Å²) in [5.41, 5.74) is 1.18. The van der Waals surface area contributed by atoms with Crippen LogP contribution in [0.1, 0.15) is 19.4 Å². The molecule has 0 saturated carbocycles. The van der Waals surface area contributed by atoms with Crippen LogP contribution in [-0.4, -0.2) is 35.2 Å². The van der Waals surface area contributed by atoms with Gasteiger partial charge in [-0.2, -0.15) is 0 Å². The second-order valence-electron chi connectivity index (χ2n) is 4.83. The number of nitrogens with one attached hydrogen (secondary N) is 1. The summed E-state index contributed by atoms with van der Waals surface area (Å²) < 4.78 is 0. The highest BCUT2D eigenvalue weighted by molar-refractivity contribution is 5.85. The van der Waals surface area contributed by atoms with Crippen LogP contribution in [0.3, 0.4) is 0 Å². The minimum atomic E-state index is 0. The zero-order valence-electron chi connectivity index (χ0n) is 10.4.